The van der Waals surface area contributed by atoms with Crippen molar-refractivity contribution >= 4 is 39.1 Å². The Morgan fingerprint density at radius 2 is 1.52 bits per heavy atom. The molecule has 0 amide bonds. The van der Waals surface area contributed by atoms with E-state index in [1.807, 2.05) is 30.3 Å². The quantitative estimate of drug-likeness (QED) is 0.197. The predicted molar refractivity (Wildman–Crippen MR) is 191 cm³/mol. The summed E-state index contributed by atoms with van der Waals surface area (Å²) in [5, 5.41) is 12.3. The molecule has 6 aromatic rings. The third-order valence-corrected chi connectivity index (χ3v) is 10.1. The highest BCUT2D eigenvalue weighted by Crippen LogP contribution is 2.45. The van der Waals surface area contributed by atoms with Gasteiger partial charge in [0.15, 0.2) is 5.84 Å². The van der Waals surface area contributed by atoms with Gasteiger partial charge in [0.2, 0.25) is 0 Å². The van der Waals surface area contributed by atoms with Crippen LogP contribution in [0.2, 0.25) is 0 Å². The lowest BCUT2D eigenvalue weighted by Gasteiger charge is -2.33. The van der Waals surface area contributed by atoms with Crippen molar-refractivity contribution in [3.8, 4) is 5.69 Å². The Hall–Kier alpha value is -5.88. The van der Waals surface area contributed by atoms with Gasteiger partial charge in [0, 0.05) is 34.6 Å². The number of rotatable bonds is 4. The Morgan fingerprint density at radius 3 is 2.42 bits per heavy atom. The molecule has 4 aromatic carbocycles. The summed E-state index contributed by atoms with van der Waals surface area (Å²) < 4.78 is 6.27. The van der Waals surface area contributed by atoms with Gasteiger partial charge in [-0.3, -0.25) is 4.99 Å². The number of allylic oxidation sites excluding steroid dienone is 6. The molecule has 3 aliphatic carbocycles. The molecule has 2 aromatic heterocycles. The number of fused-ring (bicyclic) bond motifs is 7. The predicted octanol–water partition coefficient (Wildman–Crippen LogP) is 9.20. The van der Waals surface area contributed by atoms with Crippen LogP contribution < -0.4 is 0 Å². The zero-order valence-corrected chi connectivity index (χ0v) is 26.2. The van der Waals surface area contributed by atoms with Gasteiger partial charge < -0.3 is 4.42 Å². The van der Waals surface area contributed by atoms with Gasteiger partial charge in [0.1, 0.15) is 16.9 Å². The van der Waals surface area contributed by atoms with Crippen LogP contribution in [0.3, 0.4) is 0 Å². The number of para-hydroxylation sites is 2. The van der Waals surface area contributed by atoms with Gasteiger partial charge in [0.25, 0.3) is 0 Å². The molecular weight excluding hydrogens is 590 g/mol. The third kappa shape index (κ3) is 4.48. The van der Waals surface area contributed by atoms with Crippen molar-refractivity contribution < 1.29 is 4.42 Å². The highest BCUT2D eigenvalue weighted by molar-refractivity contribution is 6.16. The van der Waals surface area contributed by atoms with Crippen LogP contribution >= 0.6 is 0 Å². The van der Waals surface area contributed by atoms with E-state index >= 15 is 0 Å². The van der Waals surface area contributed by atoms with E-state index in [9.17, 15) is 0 Å². The second-order valence-corrected chi connectivity index (χ2v) is 13.0. The van der Waals surface area contributed by atoms with E-state index in [-0.39, 0.29) is 17.9 Å². The molecule has 0 saturated heterocycles. The molecular formula is C42H31N5O. The first-order valence-electron chi connectivity index (χ1n) is 16.7. The second-order valence-electron chi connectivity index (χ2n) is 13.0. The molecule has 10 rings (SSSR count). The number of amidine groups is 1. The summed E-state index contributed by atoms with van der Waals surface area (Å²) in [7, 11) is 0. The summed E-state index contributed by atoms with van der Waals surface area (Å²) in [6.07, 6.45) is 14.1. The minimum absolute atomic E-state index is 0.0415. The van der Waals surface area contributed by atoms with E-state index in [4.69, 9.17) is 24.6 Å². The van der Waals surface area contributed by atoms with Crippen molar-refractivity contribution in [3.05, 3.63) is 167 Å². The number of benzene rings is 4. The number of aliphatic imine (C=N–C) groups is 2. The molecule has 0 saturated carbocycles. The topological polar surface area (TPSA) is 68.6 Å². The molecule has 0 fully saturated rings. The fraction of sp³-hybridized carbons (Fsp3) is 0.143. The molecule has 3 atom stereocenters. The Labute approximate surface area is 277 Å². The average Bonchev–Trinajstić information content (AvgIpc) is 3.77. The van der Waals surface area contributed by atoms with Crippen molar-refractivity contribution in [2.75, 3.05) is 0 Å². The van der Waals surface area contributed by atoms with E-state index in [0.29, 0.717) is 6.42 Å². The first-order valence-corrected chi connectivity index (χ1v) is 16.7. The van der Waals surface area contributed by atoms with Crippen molar-refractivity contribution in [1.82, 2.24) is 15.0 Å². The van der Waals surface area contributed by atoms with Crippen LogP contribution in [0, 0.1) is 11.8 Å². The molecule has 0 N–H and O–H groups in total. The van der Waals surface area contributed by atoms with Gasteiger partial charge >= 0.3 is 0 Å². The Morgan fingerprint density at radius 1 is 0.729 bits per heavy atom. The molecule has 0 bridgehead atoms. The Balaban J connectivity index is 1.06. The lowest BCUT2D eigenvalue weighted by molar-refractivity contribution is 0.654. The molecule has 4 aliphatic rings. The van der Waals surface area contributed by atoms with Crippen LogP contribution in [0.4, 0.5) is 0 Å². The van der Waals surface area contributed by atoms with E-state index in [1.165, 1.54) is 16.7 Å². The number of hydrogen-bond acceptors (Lipinski definition) is 5. The minimum Gasteiger partial charge on any atom is -0.456 e. The summed E-state index contributed by atoms with van der Waals surface area (Å²) >= 11 is 0. The largest absolute Gasteiger partial charge is 0.456 e. The maximum atomic E-state index is 6.27. The van der Waals surface area contributed by atoms with Crippen LogP contribution in [0.1, 0.15) is 41.4 Å². The molecule has 1 aliphatic heterocycles. The van der Waals surface area contributed by atoms with Crippen LogP contribution in [-0.4, -0.2) is 26.5 Å². The maximum absolute atomic E-state index is 6.27. The van der Waals surface area contributed by atoms with Crippen molar-refractivity contribution in [2.24, 2.45) is 21.8 Å². The summed E-state index contributed by atoms with van der Waals surface area (Å²) in [5.41, 5.74) is 11.8. The van der Waals surface area contributed by atoms with Crippen molar-refractivity contribution in [2.45, 2.75) is 25.3 Å². The molecule has 3 unspecified atom stereocenters. The number of aromatic nitrogens is 3. The second kappa shape index (κ2) is 10.8. The zero-order valence-electron chi connectivity index (χ0n) is 26.2. The minimum atomic E-state index is -0.0415. The first kappa shape index (κ1) is 27.3. The smallest absolute Gasteiger partial charge is 0.155 e. The monoisotopic (exact) mass is 621 g/mol. The lowest BCUT2D eigenvalue weighted by Crippen LogP contribution is -2.24. The third-order valence-electron chi connectivity index (χ3n) is 10.1. The van der Waals surface area contributed by atoms with Gasteiger partial charge in [-0.2, -0.15) is 9.90 Å². The molecule has 230 valence electrons. The summed E-state index contributed by atoms with van der Waals surface area (Å²) in [5.74, 6) is 1.15. The van der Waals surface area contributed by atoms with E-state index < -0.39 is 0 Å². The SMILES string of the molecule is C1=CC2C=CC3=C(c4nn(-c5ccccc5)nc4CC3)C2C=C1C1=NC(c2ccccc2)CC(c2ccc3c(c2)oc2ccccc23)=N1. The molecule has 0 radical (unpaired) electrons. The van der Waals surface area contributed by atoms with E-state index in [1.54, 1.807) is 4.80 Å². The first-order chi connectivity index (χ1) is 23.7. The Kier molecular flexibility index (Phi) is 6.16. The van der Waals surface area contributed by atoms with Crippen molar-refractivity contribution in [3.63, 3.8) is 0 Å². The van der Waals surface area contributed by atoms with Crippen LogP contribution in [0.25, 0.3) is 33.2 Å². The number of furan rings is 1. The highest BCUT2D eigenvalue weighted by Gasteiger charge is 2.35. The lowest BCUT2D eigenvalue weighted by atomic mass is 9.71. The van der Waals surface area contributed by atoms with Gasteiger partial charge in [-0.15, -0.1) is 5.10 Å². The number of hydrogen-bond donors (Lipinski definition) is 0. The van der Waals surface area contributed by atoms with Gasteiger partial charge in [0.05, 0.1) is 23.1 Å². The van der Waals surface area contributed by atoms with Gasteiger partial charge in [-0.25, -0.2) is 4.99 Å². The average molecular weight is 622 g/mol. The highest BCUT2D eigenvalue weighted by atomic mass is 16.3. The molecule has 6 heteroatoms. The molecule has 48 heavy (non-hydrogen) atoms. The van der Waals surface area contributed by atoms with Crippen molar-refractivity contribution in [1.29, 1.82) is 0 Å². The normalized spacial score (nSPS) is 21.4. The van der Waals surface area contributed by atoms with Gasteiger partial charge in [-0.05, 0) is 65.4 Å². The van der Waals surface area contributed by atoms with E-state index in [0.717, 1.165) is 74.5 Å². The number of aryl methyl sites for hydroxylation is 1. The van der Waals surface area contributed by atoms with Crippen LogP contribution in [0.15, 0.2) is 159 Å². The summed E-state index contributed by atoms with van der Waals surface area (Å²) in [6.45, 7) is 0. The zero-order chi connectivity index (χ0) is 31.6. The molecule has 3 heterocycles. The summed E-state index contributed by atoms with van der Waals surface area (Å²) in [4.78, 5) is 12.4. The Bertz CT molecular complexity index is 2440. The van der Waals surface area contributed by atoms with Crippen LogP contribution in [0.5, 0.6) is 0 Å². The van der Waals surface area contributed by atoms with Crippen LogP contribution in [-0.2, 0) is 6.42 Å². The maximum Gasteiger partial charge on any atom is 0.155 e. The fourth-order valence-corrected chi connectivity index (χ4v) is 7.68. The standard InChI is InChI=1S/C42H31N5O/c1-3-9-27(10-4-1)36-25-37(29-19-21-33-32-13-7-8-14-38(32)48-39(33)24-29)44-42(43-36)30-18-16-26-15-17-28-20-22-35-41(40(28)34(26)23-30)46-47(45-35)31-11-5-2-6-12-31/h1-19,21,23-24,26,34,36H,20,22,25H2. The summed E-state index contributed by atoms with van der Waals surface area (Å²) in [6, 6.07) is 35.4. The number of nitrogens with zero attached hydrogens (tertiary/aromatic N) is 5. The van der Waals surface area contributed by atoms with Gasteiger partial charge in [-0.1, -0.05) is 103 Å². The molecule has 0 spiro atoms. The molecule has 6 nitrogen and oxygen atoms in total. The fourth-order valence-electron chi connectivity index (χ4n) is 7.68. The van der Waals surface area contributed by atoms with E-state index in [2.05, 4.69) is 103 Å².